The molecule has 0 heterocycles. The molecule has 0 radical (unpaired) electrons. The number of nitrogens with one attached hydrogen (secondary N) is 1. The summed E-state index contributed by atoms with van der Waals surface area (Å²) >= 11 is 0. The van der Waals surface area contributed by atoms with E-state index in [2.05, 4.69) is 29.6 Å². The minimum Gasteiger partial charge on any atom is -0.464 e. The summed E-state index contributed by atoms with van der Waals surface area (Å²) in [7, 11) is 0. The van der Waals surface area contributed by atoms with Gasteiger partial charge in [-0.15, -0.1) is 0 Å². The predicted molar refractivity (Wildman–Crippen MR) is 112 cm³/mol. The lowest BCUT2D eigenvalue weighted by atomic mass is 9.80. The monoisotopic (exact) mass is 409 g/mol. The topological polar surface area (TPSA) is 84.9 Å². The number of alkyl carbamates (subject to hydrolysis) is 1. The van der Waals surface area contributed by atoms with E-state index in [9.17, 15) is 14.7 Å². The Morgan fingerprint density at radius 2 is 1.67 bits per heavy atom. The van der Waals surface area contributed by atoms with Crippen LogP contribution in [0.2, 0.25) is 0 Å². The van der Waals surface area contributed by atoms with E-state index in [4.69, 9.17) is 9.47 Å². The summed E-state index contributed by atoms with van der Waals surface area (Å²) in [5, 5.41) is 13.6. The maximum Gasteiger partial charge on any atom is 0.407 e. The molecule has 1 saturated carbocycles. The molecule has 2 unspecified atom stereocenters. The molecule has 0 spiro atoms. The summed E-state index contributed by atoms with van der Waals surface area (Å²) in [4.78, 5) is 24.9. The SMILES string of the molecule is CCOC(=O)C1(O)CCCCC1NC(=O)OCC1c2ccccc2-c2ccccc21. The van der Waals surface area contributed by atoms with Crippen LogP contribution in [0.1, 0.15) is 49.7 Å². The Hall–Kier alpha value is -2.86. The lowest BCUT2D eigenvalue weighted by Gasteiger charge is -2.37. The van der Waals surface area contributed by atoms with Crippen molar-refractivity contribution < 1.29 is 24.2 Å². The number of aliphatic hydroxyl groups is 1. The predicted octanol–water partition coefficient (Wildman–Crippen LogP) is 3.76. The fourth-order valence-electron chi connectivity index (χ4n) is 4.63. The molecule has 0 saturated heterocycles. The number of benzene rings is 2. The number of fused-ring (bicyclic) bond motifs is 3. The van der Waals surface area contributed by atoms with Crippen LogP contribution >= 0.6 is 0 Å². The van der Waals surface area contributed by atoms with Gasteiger partial charge in [-0.3, -0.25) is 0 Å². The van der Waals surface area contributed by atoms with Gasteiger partial charge in [0.2, 0.25) is 0 Å². The van der Waals surface area contributed by atoms with Crippen molar-refractivity contribution in [3.8, 4) is 11.1 Å². The lowest BCUT2D eigenvalue weighted by molar-refractivity contribution is -0.171. The van der Waals surface area contributed by atoms with E-state index < -0.39 is 23.7 Å². The smallest absolute Gasteiger partial charge is 0.407 e. The van der Waals surface area contributed by atoms with Crippen molar-refractivity contribution in [3.63, 3.8) is 0 Å². The quantitative estimate of drug-likeness (QED) is 0.735. The molecule has 30 heavy (non-hydrogen) atoms. The van der Waals surface area contributed by atoms with Crippen LogP contribution in [-0.2, 0) is 14.3 Å². The van der Waals surface area contributed by atoms with Gasteiger partial charge in [-0.1, -0.05) is 55.0 Å². The molecule has 2 aromatic rings. The van der Waals surface area contributed by atoms with Crippen molar-refractivity contribution >= 4 is 12.1 Å². The van der Waals surface area contributed by atoms with Gasteiger partial charge in [0.05, 0.1) is 12.6 Å². The largest absolute Gasteiger partial charge is 0.464 e. The summed E-state index contributed by atoms with van der Waals surface area (Å²) in [6, 6.07) is 15.5. The summed E-state index contributed by atoms with van der Waals surface area (Å²) in [5.74, 6) is -0.730. The van der Waals surface area contributed by atoms with Crippen LogP contribution in [0.4, 0.5) is 4.79 Å². The van der Waals surface area contributed by atoms with Gasteiger partial charge in [0.15, 0.2) is 5.60 Å². The maximum atomic E-state index is 12.6. The molecule has 2 aliphatic carbocycles. The van der Waals surface area contributed by atoms with Gasteiger partial charge < -0.3 is 19.9 Å². The molecule has 1 amide bonds. The second-order valence-corrected chi connectivity index (χ2v) is 7.91. The number of hydrogen-bond acceptors (Lipinski definition) is 5. The Morgan fingerprint density at radius 1 is 1.03 bits per heavy atom. The average Bonchev–Trinajstić information content (AvgIpc) is 3.08. The third kappa shape index (κ3) is 3.67. The van der Waals surface area contributed by atoms with Crippen molar-refractivity contribution in [2.45, 2.75) is 50.2 Å². The Bertz CT molecular complexity index is 897. The molecule has 4 rings (SSSR count). The van der Waals surface area contributed by atoms with E-state index in [1.165, 1.54) is 0 Å². The van der Waals surface area contributed by atoms with Gasteiger partial charge in [-0.2, -0.15) is 0 Å². The molecule has 158 valence electrons. The lowest BCUT2D eigenvalue weighted by Crippen LogP contribution is -2.59. The Balaban J connectivity index is 1.44. The first-order valence-electron chi connectivity index (χ1n) is 10.6. The summed E-state index contributed by atoms with van der Waals surface area (Å²) in [6.45, 7) is 2.06. The Kier molecular flexibility index (Phi) is 5.77. The van der Waals surface area contributed by atoms with E-state index in [1.54, 1.807) is 6.92 Å². The van der Waals surface area contributed by atoms with Crippen LogP contribution in [0.15, 0.2) is 48.5 Å². The fraction of sp³-hybridized carbons (Fsp3) is 0.417. The number of rotatable bonds is 5. The van der Waals surface area contributed by atoms with Crippen molar-refractivity contribution in [2.75, 3.05) is 13.2 Å². The summed E-state index contributed by atoms with van der Waals surface area (Å²) in [5.41, 5.74) is 2.87. The van der Waals surface area contributed by atoms with Gasteiger partial charge >= 0.3 is 12.1 Å². The fourth-order valence-corrected chi connectivity index (χ4v) is 4.63. The highest BCUT2D eigenvalue weighted by molar-refractivity contribution is 5.82. The minimum absolute atomic E-state index is 0.0431. The highest BCUT2D eigenvalue weighted by Crippen LogP contribution is 2.44. The molecule has 6 heteroatoms. The molecule has 0 aromatic heterocycles. The molecular weight excluding hydrogens is 382 g/mol. The number of hydrogen-bond donors (Lipinski definition) is 2. The molecule has 0 aliphatic heterocycles. The Morgan fingerprint density at radius 3 is 2.30 bits per heavy atom. The first-order valence-corrected chi connectivity index (χ1v) is 10.6. The molecular formula is C24H27NO5. The van der Waals surface area contributed by atoms with Crippen LogP contribution in [0.3, 0.4) is 0 Å². The first kappa shape index (κ1) is 20.4. The standard InChI is InChI=1S/C24H27NO5/c1-2-29-22(26)24(28)14-8-7-13-21(24)25-23(27)30-15-20-18-11-5-3-9-16(18)17-10-4-6-12-19(17)20/h3-6,9-12,20-21,28H,2,7-8,13-15H2,1H3,(H,25,27). The van der Waals surface area contributed by atoms with Gasteiger partial charge in [0, 0.05) is 5.92 Å². The summed E-state index contributed by atoms with van der Waals surface area (Å²) < 4.78 is 10.6. The van der Waals surface area contributed by atoms with Crippen LogP contribution in [0.5, 0.6) is 0 Å². The number of carbonyl (C=O) groups is 2. The highest BCUT2D eigenvalue weighted by atomic mass is 16.6. The molecule has 2 N–H and O–H groups in total. The van der Waals surface area contributed by atoms with Gasteiger partial charge in [0.25, 0.3) is 0 Å². The van der Waals surface area contributed by atoms with E-state index in [0.717, 1.165) is 28.7 Å². The number of amides is 1. The molecule has 2 aliphatic rings. The third-order valence-electron chi connectivity index (χ3n) is 6.14. The van der Waals surface area contributed by atoms with E-state index in [-0.39, 0.29) is 25.6 Å². The number of ether oxygens (including phenoxy) is 2. The second kappa shape index (κ2) is 8.48. The van der Waals surface area contributed by atoms with E-state index in [0.29, 0.717) is 12.8 Å². The van der Waals surface area contributed by atoms with Crippen molar-refractivity contribution in [2.24, 2.45) is 0 Å². The molecule has 2 atom stereocenters. The zero-order valence-electron chi connectivity index (χ0n) is 17.1. The summed E-state index contributed by atoms with van der Waals surface area (Å²) in [6.07, 6.45) is 1.65. The first-order chi connectivity index (χ1) is 14.5. The van der Waals surface area contributed by atoms with Crippen molar-refractivity contribution in [3.05, 3.63) is 59.7 Å². The van der Waals surface area contributed by atoms with Crippen LogP contribution in [0, 0.1) is 0 Å². The van der Waals surface area contributed by atoms with Gasteiger partial charge in [0.1, 0.15) is 6.61 Å². The number of esters is 1. The third-order valence-corrected chi connectivity index (χ3v) is 6.14. The zero-order valence-corrected chi connectivity index (χ0v) is 17.1. The Labute approximate surface area is 176 Å². The van der Waals surface area contributed by atoms with Gasteiger partial charge in [-0.25, -0.2) is 9.59 Å². The molecule has 0 bridgehead atoms. The maximum absolute atomic E-state index is 12.6. The average molecular weight is 409 g/mol. The van der Waals surface area contributed by atoms with Crippen LogP contribution < -0.4 is 5.32 Å². The van der Waals surface area contributed by atoms with E-state index in [1.807, 2.05) is 24.3 Å². The molecule has 2 aromatic carbocycles. The van der Waals surface area contributed by atoms with E-state index >= 15 is 0 Å². The highest BCUT2D eigenvalue weighted by Gasteiger charge is 2.47. The molecule has 1 fully saturated rings. The van der Waals surface area contributed by atoms with Crippen molar-refractivity contribution in [1.82, 2.24) is 5.32 Å². The molecule has 6 nitrogen and oxygen atoms in total. The van der Waals surface area contributed by atoms with Crippen LogP contribution in [0.25, 0.3) is 11.1 Å². The van der Waals surface area contributed by atoms with Crippen LogP contribution in [-0.4, -0.2) is 42.0 Å². The normalized spacial score (nSPS) is 22.7. The minimum atomic E-state index is -1.71. The second-order valence-electron chi connectivity index (χ2n) is 7.91. The zero-order chi connectivity index (χ0) is 21.1. The van der Waals surface area contributed by atoms with Crippen molar-refractivity contribution in [1.29, 1.82) is 0 Å². The number of carbonyl (C=O) groups excluding carboxylic acids is 2. The van der Waals surface area contributed by atoms with Gasteiger partial charge in [-0.05, 0) is 48.4 Å².